The number of carbonyl (C=O) groups excluding carboxylic acids is 2. The number of hydrogen-bond donors (Lipinski definition) is 1. The van der Waals surface area contributed by atoms with Crippen molar-refractivity contribution < 1.29 is 19.2 Å². The molecule has 1 atom stereocenters. The Balaban J connectivity index is 1.52. The summed E-state index contributed by atoms with van der Waals surface area (Å²) in [6.45, 7) is 1.25. The minimum atomic E-state index is -0.568. The smallest absolute Gasteiger partial charge is 0.319 e. The number of nitro groups is 1. The number of rotatable bonds is 7. The van der Waals surface area contributed by atoms with Crippen LogP contribution in [0, 0.1) is 10.1 Å². The molecule has 8 heteroatoms. The Bertz CT molecular complexity index is 1050. The highest BCUT2D eigenvalue weighted by atomic mass is 32.2. The summed E-state index contributed by atoms with van der Waals surface area (Å²) < 4.78 is 5.10. The number of amides is 1. The van der Waals surface area contributed by atoms with Gasteiger partial charge in [0.15, 0.2) is 6.61 Å². The van der Waals surface area contributed by atoms with Crippen molar-refractivity contribution in [3.8, 4) is 0 Å². The number of nitrogens with one attached hydrogen (secondary N) is 1. The Labute approximate surface area is 171 Å². The number of hydrogen-bond acceptors (Lipinski definition) is 6. The number of nitro benzene ring substituents is 1. The predicted octanol–water partition coefficient (Wildman–Crippen LogP) is 4.41. The topological polar surface area (TPSA) is 98.5 Å². The molecule has 0 aliphatic carbocycles. The molecule has 0 saturated carbocycles. The minimum absolute atomic E-state index is 0.0188. The lowest BCUT2D eigenvalue weighted by Crippen LogP contribution is -2.24. The first-order chi connectivity index (χ1) is 13.9. The second kappa shape index (κ2) is 9.20. The van der Waals surface area contributed by atoms with E-state index in [4.69, 9.17) is 4.74 Å². The van der Waals surface area contributed by atoms with E-state index < -0.39 is 28.7 Å². The van der Waals surface area contributed by atoms with Crippen molar-refractivity contribution in [1.29, 1.82) is 0 Å². The van der Waals surface area contributed by atoms with Gasteiger partial charge in [-0.15, -0.1) is 11.8 Å². The first kappa shape index (κ1) is 20.3. The van der Waals surface area contributed by atoms with Gasteiger partial charge in [0, 0.05) is 28.1 Å². The van der Waals surface area contributed by atoms with Crippen LogP contribution < -0.4 is 5.32 Å². The van der Waals surface area contributed by atoms with Gasteiger partial charge in [-0.3, -0.25) is 19.7 Å². The zero-order chi connectivity index (χ0) is 20.8. The molecule has 0 fully saturated rings. The van der Waals surface area contributed by atoms with E-state index in [0.29, 0.717) is 10.6 Å². The van der Waals surface area contributed by atoms with Gasteiger partial charge in [0.05, 0.1) is 4.92 Å². The van der Waals surface area contributed by atoms with Crippen LogP contribution in [-0.4, -0.2) is 28.7 Å². The van der Waals surface area contributed by atoms with Crippen molar-refractivity contribution in [2.45, 2.75) is 17.1 Å². The molecule has 148 valence electrons. The molecule has 3 aromatic carbocycles. The molecule has 1 amide bonds. The van der Waals surface area contributed by atoms with Gasteiger partial charge >= 0.3 is 5.97 Å². The van der Waals surface area contributed by atoms with Crippen molar-refractivity contribution in [3.05, 3.63) is 76.8 Å². The average Bonchev–Trinajstić information content (AvgIpc) is 2.72. The van der Waals surface area contributed by atoms with Crippen LogP contribution in [0.4, 0.5) is 11.4 Å². The van der Waals surface area contributed by atoms with E-state index >= 15 is 0 Å². The number of esters is 1. The lowest BCUT2D eigenvalue weighted by Gasteiger charge is -2.12. The van der Waals surface area contributed by atoms with Crippen molar-refractivity contribution >= 4 is 45.8 Å². The van der Waals surface area contributed by atoms with E-state index in [-0.39, 0.29) is 5.69 Å². The van der Waals surface area contributed by atoms with Crippen LogP contribution in [0.15, 0.2) is 71.6 Å². The SMILES string of the molecule is C[C@@H](Sc1ccc([N+](=O)[O-])cc1)C(=O)OCC(=O)Nc1cccc2ccccc12. The Morgan fingerprint density at radius 1 is 1.07 bits per heavy atom. The summed E-state index contributed by atoms with van der Waals surface area (Å²) in [7, 11) is 0. The third-order valence-electron chi connectivity index (χ3n) is 4.10. The van der Waals surface area contributed by atoms with Gasteiger partial charge in [-0.25, -0.2) is 0 Å². The maximum atomic E-state index is 12.2. The second-order valence-corrected chi connectivity index (χ2v) is 7.61. The average molecular weight is 410 g/mol. The first-order valence-electron chi connectivity index (χ1n) is 8.79. The molecule has 0 radical (unpaired) electrons. The molecule has 3 rings (SSSR count). The molecule has 0 aliphatic rings. The number of benzene rings is 3. The molecular weight excluding hydrogens is 392 g/mol. The molecule has 0 spiro atoms. The molecule has 3 aromatic rings. The molecule has 0 bridgehead atoms. The third kappa shape index (κ3) is 5.32. The number of thioether (sulfide) groups is 1. The van der Waals surface area contributed by atoms with Crippen LogP contribution in [-0.2, 0) is 14.3 Å². The van der Waals surface area contributed by atoms with Crippen LogP contribution in [0.3, 0.4) is 0 Å². The van der Waals surface area contributed by atoms with Crippen molar-refractivity contribution in [2.75, 3.05) is 11.9 Å². The predicted molar refractivity (Wildman–Crippen MR) is 112 cm³/mol. The van der Waals surface area contributed by atoms with E-state index in [1.165, 1.54) is 23.9 Å². The lowest BCUT2D eigenvalue weighted by molar-refractivity contribution is -0.384. The third-order valence-corrected chi connectivity index (χ3v) is 5.19. The molecule has 0 saturated heterocycles. The van der Waals surface area contributed by atoms with Gasteiger partial charge in [0.1, 0.15) is 5.25 Å². The number of nitrogens with zero attached hydrogens (tertiary/aromatic N) is 1. The Morgan fingerprint density at radius 3 is 2.48 bits per heavy atom. The van der Waals surface area contributed by atoms with Crippen LogP contribution in [0.5, 0.6) is 0 Å². The summed E-state index contributed by atoms with van der Waals surface area (Å²) in [6.07, 6.45) is 0. The second-order valence-electron chi connectivity index (χ2n) is 6.19. The Hall–Kier alpha value is -3.39. The van der Waals surface area contributed by atoms with E-state index in [1.807, 2.05) is 36.4 Å². The highest BCUT2D eigenvalue weighted by molar-refractivity contribution is 8.00. The Morgan fingerprint density at radius 2 is 1.76 bits per heavy atom. The van der Waals surface area contributed by atoms with Gasteiger partial charge in [-0.1, -0.05) is 36.4 Å². The van der Waals surface area contributed by atoms with Crippen LogP contribution in [0.25, 0.3) is 10.8 Å². The Kier molecular flexibility index (Phi) is 6.46. The highest BCUT2D eigenvalue weighted by Crippen LogP contribution is 2.26. The summed E-state index contributed by atoms with van der Waals surface area (Å²) in [5.74, 6) is -0.969. The van der Waals surface area contributed by atoms with E-state index in [2.05, 4.69) is 5.32 Å². The van der Waals surface area contributed by atoms with Crippen molar-refractivity contribution in [3.63, 3.8) is 0 Å². The molecule has 29 heavy (non-hydrogen) atoms. The number of anilines is 1. The zero-order valence-electron chi connectivity index (χ0n) is 15.5. The number of non-ortho nitro benzene ring substituents is 1. The molecule has 7 nitrogen and oxygen atoms in total. The zero-order valence-corrected chi connectivity index (χ0v) is 16.3. The quantitative estimate of drug-likeness (QED) is 0.268. The van der Waals surface area contributed by atoms with Crippen LogP contribution in [0.1, 0.15) is 6.92 Å². The molecule has 0 aliphatic heterocycles. The minimum Gasteiger partial charge on any atom is -0.455 e. The number of fused-ring (bicyclic) bond motifs is 1. The summed E-state index contributed by atoms with van der Waals surface area (Å²) >= 11 is 1.20. The van der Waals surface area contributed by atoms with Gasteiger partial charge in [-0.05, 0) is 30.5 Å². The molecule has 0 heterocycles. The van der Waals surface area contributed by atoms with Gasteiger partial charge in [-0.2, -0.15) is 0 Å². The fraction of sp³-hybridized carbons (Fsp3) is 0.143. The van der Waals surface area contributed by atoms with Crippen LogP contribution >= 0.6 is 11.8 Å². The summed E-state index contributed by atoms with van der Waals surface area (Å²) in [6, 6.07) is 19.1. The molecule has 0 unspecified atom stereocenters. The standard InChI is InChI=1S/C21H18N2O5S/c1-14(29-17-11-9-16(10-12-17)23(26)27)21(25)28-13-20(24)22-19-8-4-6-15-5-2-3-7-18(15)19/h2-12,14H,13H2,1H3,(H,22,24)/t14-/m1/s1. The summed E-state index contributed by atoms with van der Waals surface area (Å²) in [4.78, 5) is 35.2. The van der Waals surface area contributed by atoms with Crippen molar-refractivity contribution in [2.24, 2.45) is 0 Å². The fourth-order valence-corrected chi connectivity index (χ4v) is 3.54. The molecule has 0 aromatic heterocycles. The van der Waals surface area contributed by atoms with E-state index in [1.54, 1.807) is 25.1 Å². The van der Waals surface area contributed by atoms with E-state index in [0.717, 1.165) is 10.8 Å². The summed E-state index contributed by atoms with van der Waals surface area (Å²) in [5, 5.41) is 14.8. The summed E-state index contributed by atoms with van der Waals surface area (Å²) in [5.41, 5.74) is 0.632. The first-order valence-corrected chi connectivity index (χ1v) is 9.67. The maximum Gasteiger partial charge on any atom is 0.319 e. The largest absolute Gasteiger partial charge is 0.455 e. The van der Waals surface area contributed by atoms with Gasteiger partial charge in [0.2, 0.25) is 0 Å². The number of ether oxygens (including phenoxy) is 1. The van der Waals surface area contributed by atoms with Crippen LogP contribution in [0.2, 0.25) is 0 Å². The fourth-order valence-electron chi connectivity index (χ4n) is 2.67. The lowest BCUT2D eigenvalue weighted by atomic mass is 10.1. The van der Waals surface area contributed by atoms with E-state index in [9.17, 15) is 19.7 Å². The maximum absolute atomic E-state index is 12.2. The van der Waals surface area contributed by atoms with Crippen molar-refractivity contribution in [1.82, 2.24) is 0 Å². The molecule has 1 N–H and O–H groups in total. The van der Waals surface area contributed by atoms with Gasteiger partial charge < -0.3 is 10.1 Å². The number of carbonyl (C=O) groups is 2. The normalized spacial score (nSPS) is 11.6. The van der Waals surface area contributed by atoms with Gasteiger partial charge in [0.25, 0.3) is 11.6 Å². The molecular formula is C21H18N2O5S. The highest BCUT2D eigenvalue weighted by Gasteiger charge is 2.18. The monoisotopic (exact) mass is 410 g/mol.